The average Bonchev–Trinajstić information content (AvgIpc) is 2.84. The highest BCUT2D eigenvalue weighted by molar-refractivity contribution is 14.1. The number of methoxy groups -OCH3 is 1. The molecule has 1 aromatic heterocycles. The topological polar surface area (TPSA) is 43.6 Å². The van der Waals surface area contributed by atoms with Crippen molar-refractivity contribution in [3.05, 3.63) is 45.4 Å². The Kier molecular flexibility index (Phi) is 5.72. The fourth-order valence-corrected chi connectivity index (χ4v) is 2.22. The summed E-state index contributed by atoms with van der Waals surface area (Å²) in [7, 11) is 1.66. The first-order chi connectivity index (χ1) is 9.69. The predicted octanol–water partition coefficient (Wildman–Crippen LogP) is 3.83. The van der Waals surface area contributed by atoms with Gasteiger partial charge in [-0.15, -0.1) is 0 Å². The van der Waals surface area contributed by atoms with Crippen LogP contribution in [0.15, 0.2) is 34.7 Å². The van der Waals surface area contributed by atoms with Crippen molar-refractivity contribution in [3.63, 3.8) is 0 Å². The summed E-state index contributed by atoms with van der Waals surface area (Å²) in [4.78, 5) is 0. The lowest BCUT2D eigenvalue weighted by atomic mass is 10.2. The van der Waals surface area contributed by atoms with Gasteiger partial charge in [0.15, 0.2) is 3.77 Å². The largest absolute Gasteiger partial charge is 0.489 e. The Morgan fingerprint density at radius 1 is 1.20 bits per heavy atom. The number of aryl methyl sites for hydroxylation is 1. The summed E-state index contributed by atoms with van der Waals surface area (Å²) in [6.45, 7) is 3.78. The van der Waals surface area contributed by atoms with Gasteiger partial charge in [0.2, 0.25) is 0 Å². The van der Waals surface area contributed by atoms with Crippen LogP contribution in [0.5, 0.6) is 5.75 Å². The normalized spacial score (nSPS) is 10.6. The number of anilines is 1. The molecule has 0 atom stereocenters. The molecule has 1 heterocycles. The van der Waals surface area contributed by atoms with E-state index < -0.39 is 0 Å². The number of benzene rings is 1. The van der Waals surface area contributed by atoms with Crippen LogP contribution in [0, 0.1) is 10.7 Å². The zero-order valence-electron chi connectivity index (χ0n) is 11.6. The van der Waals surface area contributed by atoms with Crippen LogP contribution in [-0.4, -0.2) is 20.3 Å². The number of ether oxygens (including phenoxy) is 2. The highest BCUT2D eigenvalue weighted by Crippen LogP contribution is 2.26. The molecule has 0 unspecified atom stereocenters. The zero-order chi connectivity index (χ0) is 14.4. The van der Waals surface area contributed by atoms with E-state index in [0.717, 1.165) is 26.5 Å². The van der Waals surface area contributed by atoms with Gasteiger partial charge in [-0.05, 0) is 59.3 Å². The molecule has 0 radical (unpaired) electrons. The molecule has 0 saturated carbocycles. The SMILES string of the molecule is COCCOc1cc(C)ccc1NCc1ccc(I)o1. The van der Waals surface area contributed by atoms with Gasteiger partial charge >= 0.3 is 0 Å². The van der Waals surface area contributed by atoms with Gasteiger partial charge < -0.3 is 19.2 Å². The number of halogens is 1. The number of nitrogens with one attached hydrogen (secondary N) is 1. The van der Waals surface area contributed by atoms with Crippen molar-refractivity contribution in [2.45, 2.75) is 13.5 Å². The molecule has 0 saturated heterocycles. The van der Waals surface area contributed by atoms with E-state index in [-0.39, 0.29) is 0 Å². The fourth-order valence-electron chi connectivity index (χ4n) is 1.76. The summed E-state index contributed by atoms with van der Waals surface area (Å²) >= 11 is 2.16. The maximum absolute atomic E-state index is 5.73. The maximum atomic E-state index is 5.73. The second kappa shape index (κ2) is 7.54. The Morgan fingerprint density at radius 3 is 2.75 bits per heavy atom. The number of rotatable bonds is 7. The summed E-state index contributed by atoms with van der Waals surface area (Å²) in [5, 5.41) is 3.33. The van der Waals surface area contributed by atoms with Crippen LogP contribution >= 0.6 is 22.6 Å². The molecule has 1 N–H and O–H groups in total. The minimum Gasteiger partial charge on any atom is -0.489 e. The molecule has 108 valence electrons. The van der Waals surface area contributed by atoms with Gasteiger partial charge in [-0.1, -0.05) is 6.07 Å². The van der Waals surface area contributed by atoms with E-state index in [9.17, 15) is 0 Å². The van der Waals surface area contributed by atoms with Crippen LogP contribution < -0.4 is 10.1 Å². The maximum Gasteiger partial charge on any atom is 0.164 e. The molecular weight excluding hydrogens is 369 g/mol. The molecule has 1 aromatic carbocycles. The van der Waals surface area contributed by atoms with Crippen LogP contribution in [0.4, 0.5) is 5.69 Å². The van der Waals surface area contributed by atoms with Crippen LogP contribution in [0.1, 0.15) is 11.3 Å². The molecule has 20 heavy (non-hydrogen) atoms. The summed E-state index contributed by atoms with van der Waals surface area (Å²) in [5.41, 5.74) is 2.12. The summed E-state index contributed by atoms with van der Waals surface area (Å²) in [6, 6.07) is 10.0. The molecule has 5 heteroatoms. The van der Waals surface area contributed by atoms with Crippen molar-refractivity contribution in [2.24, 2.45) is 0 Å². The first kappa shape index (κ1) is 15.2. The van der Waals surface area contributed by atoms with Crippen LogP contribution in [0.2, 0.25) is 0 Å². The van der Waals surface area contributed by atoms with Crippen molar-refractivity contribution in [1.29, 1.82) is 0 Å². The second-order valence-electron chi connectivity index (χ2n) is 4.40. The number of hydrogen-bond donors (Lipinski definition) is 1. The van der Waals surface area contributed by atoms with Crippen molar-refractivity contribution in [2.75, 3.05) is 25.6 Å². The van der Waals surface area contributed by atoms with Crippen molar-refractivity contribution in [3.8, 4) is 5.75 Å². The van der Waals surface area contributed by atoms with Crippen molar-refractivity contribution < 1.29 is 13.9 Å². The Labute approximate surface area is 132 Å². The molecule has 2 aromatic rings. The number of furan rings is 1. The third kappa shape index (κ3) is 4.42. The summed E-state index contributed by atoms with van der Waals surface area (Å²) in [5.74, 6) is 1.74. The molecule has 0 bridgehead atoms. The first-order valence-corrected chi connectivity index (χ1v) is 7.47. The third-order valence-electron chi connectivity index (χ3n) is 2.76. The quantitative estimate of drug-likeness (QED) is 0.580. The smallest absolute Gasteiger partial charge is 0.164 e. The zero-order valence-corrected chi connectivity index (χ0v) is 13.8. The highest BCUT2D eigenvalue weighted by atomic mass is 127. The van der Waals surface area contributed by atoms with E-state index in [1.807, 2.05) is 31.2 Å². The van der Waals surface area contributed by atoms with Gasteiger partial charge in [0, 0.05) is 7.11 Å². The Morgan fingerprint density at radius 2 is 2.05 bits per heavy atom. The molecular formula is C15H18INO3. The van der Waals surface area contributed by atoms with Gasteiger partial charge in [-0.3, -0.25) is 0 Å². The van der Waals surface area contributed by atoms with Crippen LogP contribution in [0.25, 0.3) is 0 Å². The van der Waals surface area contributed by atoms with E-state index in [0.29, 0.717) is 19.8 Å². The first-order valence-electron chi connectivity index (χ1n) is 6.39. The summed E-state index contributed by atoms with van der Waals surface area (Å²) < 4.78 is 17.2. The minimum absolute atomic E-state index is 0.535. The molecule has 2 rings (SSSR count). The van der Waals surface area contributed by atoms with Crippen LogP contribution in [-0.2, 0) is 11.3 Å². The van der Waals surface area contributed by atoms with E-state index in [4.69, 9.17) is 13.9 Å². The van der Waals surface area contributed by atoms with E-state index >= 15 is 0 Å². The Hall–Kier alpha value is -1.21. The molecule has 0 aliphatic carbocycles. The van der Waals surface area contributed by atoms with Crippen LogP contribution in [0.3, 0.4) is 0 Å². The highest BCUT2D eigenvalue weighted by Gasteiger charge is 2.06. The molecule has 4 nitrogen and oxygen atoms in total. The van der Waals surface area contributed by atoms with Gasteiger partial charge in [0.1, 0.15) is 18.1 Å². The average molecular weight is 387 g/mol. The van der Waals surface area contributed by atoms with E-state index in [1.165, 1.54) is 0 Å². The van der Waals surface area contributed by atoms with E-state index in [1.54, 1.807) is 7.11 Å². The second-order valence-corrected chi connectivity index (χ2v) is 5.46. The van der Waals surface area contributed by atoms with Gasteiger partial charge in [-0.2, -0.15) is 0 Å². The molecule has 0 amide bonds. The molecule has 0 aliphatic heterocycles. The Balaban J connectivity index is 2.01. The lowest BCUT2D eigenvalue weighted by Crippen LogP contribution is -2.07. The lowest BCUT2D eigenvalue weighted by Gasteiger charge is -2.13. The molecule has 0 fully saturated rings. The standard InChI is InChI=1S/C15H18INO3/c1-11-3-5-13(14(9-11)19-8-7-18-2)17-10-12-4-6-15(16)20-12/h3-6,9,17H,7-8,10H2,1-2H3. The fraction of sp³-hybridized carbons (Fsp3) is 0.333. The van der Waals surface area contributed by atoms with E-state index in [2.05, 4.69) is 34.0 Å². The van der Waals surface area contributed by atoms with Crippen molar-refractivity contribution >= 4 is 28.3 Å². The minimum atomic E-state index is 0.535. The van der Waals surface area contributed by atoms with Gasteiger partial charge in [0.25, 0.3) is 0 Å². The lowest BCUT2D eigenvalue weighted by molar-refractivity contribution is 0.146. The number of hydrogen-bond acceptors (Lipinski definition) is 4. The van der Waals surface area contributed by atoms with Gasteiger partial charge in [0.05, 0.1) is 18.8 Å². The molecule has 0 spiro atoms. The third-order valence-corrected chi connectivity index (χ3v) is 3.34. The molecule has 0 aliphatic rings. The predicted molar refractivity (Wildman–Crippen MR) is 87.3 cm³/mol. The monoisotopic (exact) mass is 387 g/mol. The van der Waals surface area contributed by atoms with Gasteiger partial charge in [-0.25, -0.2) is 0 Å². The van der Waals surface area contributed by atoms with Crippen molar-refractivity contribution in [1.82, 2.24) is 0 Å². The Bertz CT molecular complexity index is 554. The summed E-state index contributed by atoms with van der Waals surface area (Å²) in [6.07, 6.45) is 0.